The lowest BCUT2D eigenvalue weighted by molar-refractivity contribution is -0.123. The van der Waals surface area contributed by atoms with Crippen molar-refractivity contribution in [1.82, 2.24) is 30.2 Å². The average molecular weight is 446 g/mol. The van der Waals surface area contributed by atoms with Crippen molar-refractivity contribution < 1.29 is 22.8 Å². The maximum Gasteiger partial charge on any atom is 0.405 e. The molecule has 1 aliphatic rings. The molecule has 0 atom stereocenters. The summed E-state index contributed by atoms with van der Waals surface area (Å²) in [5.41, 5.74) is 1.96. The largest absolute Gasteiger partial charge is 0.405 e. The Hall–Kier alpha value is -3.63. The van der Waals surface area contributed by atoms with Crippen LogP contribution in [-0.2, 0) is 0 Å². The van der Waals surface area contributed by atoms with E-state index in [1.54, 1.807) is 45.5 Å². The van der Waals surface area contributed by atoms with Crippen LogP contribution in [-0.4, -0.2) is 62.5 Å². The van der Waals surface area contributed by atoms with Crippen molar-refractivity contribution in [2.24, 2.45) is 0 Å². The number of hydrogen-bond acceptors (Lipinski definition) is 4. The predicted molar refractivity (Wildman–Crippen MR) is 108 cm³/mol. The lowest BCUT2D eigenvalue weighted by atomic mass is 9.93. The van der Waals surface area contributed by atoms with Gasteiger partial charge in [-0.05, 0) is 43.2 Å². The first-order valence-electron chi connectivity index (χ1n) is 10.1. The first kappa shape index (κ1) is 21.6. The number of alkyl halides is 3. The second-order valence-electron chi connectivity index (χ2n) is 7.57. The molecule has 2 amide bonds. The van der Waals surface area contributed by atoms with Gasteiger partial charge in [0.05, 0.1) is 5.69 Å². The molecule has 0 unspecified atom stereocenters. The molecule has 8 nitrogen and oxygen atoms in total. The summed E-state index contributed by atoms with van der Waals surface area (Å²) in [6.45, 7) is -0.371. The van der Waals surface area contributed by atoms with Crippen LogP contribution in [0.4, 0.5) is 13.2 Å². The van der Waals surface area contributed by atoms with Crippen molar-refractivity contribution in [2.75, 3.05) is 19.6 Å². The van der Waals surface area contributed by atoms with Crippen molar-refractivity contribution in [2.45, 2.75) is 24.9 Å². The van der Waals surface area contributed by atoms with E-state index in [4.69, 9.17) is 0 Å². The number of aromatic amines is 1. The van der Waals surface area contributed by atoms with Crippen LogP contribution >= 0.6 is 0 Å². The minimum absolute atomic E-state index is 0.0334. The van der Waals surface area contributed by atoms with Crippen molar-refractivity contribution in [3.05, 3.63) is 65.7 Å². The van der Waals surface area contributed by atoms with Gasteiger partial charge in [-0.1, -0.05) is 6.07 Å². The zero-order valence-electron chi connectivity index (χ0n) is 17.0. The van der Waals surface area contributed by atoms with Crippen LogP contribution in [0, 0.1) is 0 Å². The maximum absolute atomic E-state index is 12.9. The number of H-pyrrole nitrogens is 1. The fourth-order valence-corrected chi connectivity index (χ4v) is 3.71. The van der Waals surface area contributed by atoms with Crippen LogP contribution in [0.2, 0.25) is 0 Å². The fourth-order valence-electron chi connectivity index (χ4n) is 3.71. The zero-order valence-corrected chi connectivity index (χ0v) is 17.0. The summed E-state index contributed by atoms with van der Waals surface area (Å²) >= 11 is 0. The van der Waals surface area contributed by atoms with E-state index in [9.17, 15) is 22.8 Å². The van der Waals surface area contributed by atoms with Crippen LogP contribution in [0.15, 0.2) is 48.8 Å². The molecular weight excluding hydrogens is 425 g/mol. The Labute approximate surface area is 181 Å². The van der Waals surface area contributed by atoms with Crippen molar-refractivity contribution >= 4 is 11.8 Å². The summed E-state index contributed by atoms with van der Waals surface area (Å²) in [6.07, 6.45) is 0.288. The second kappa shape index (κ2) is 8.85. The zero-order chi connectivity index (χ0) is 22.7. The van der Waals surface area contributed by atoms with Gasteiger partial charge < -0.3 is 10.2 Å². The van der Waals surface area contributed by atoms with E-state index in [1.807, 2.05) is 12.1 Å². The number of carbonyl (C=O) groups excluding carboxylic acids is 2. The summed E-state index contributed by atoms with van der Waals surface area (Å²) < 4.78 is 38.5. The number of likely N-dealkylation sites (tertiary alicyclic amines) is 1. The molecule has 1 aromatic carbocycles. The maximum atomic E-state index is 12.9. The van der Waals surface area contributed by atoms with Gasteiger partial charge in [0.25, 0.3) is 11.8 Å². The number of rotatable bonds is 5. The fraction of sp³-hybridized carbons (Fsp3) is 0.333. The minimum Gasteiger partial charge on any atom is -0.342 e. The molecule has 4 rings (SSSR count). The van der Waals surface area contributed by atoms with Gasteiger partial charge in [-0.3, -0.25) is 14.7 Å². The van der Waals surface area contributed by atoms with Crippen LogP contribution in [0.3, 0.4) is 0 Å². The molecule has 1 saturated heterocycles. The molecule has 1 aliphatic heterocycles. The lowest BCUT2D eigenvalue weighted by Crippen LogP contribution is -2.38. The van der Waals surface area contributed by atoms with Gasteiger partial charge in [0.2, 0.25) is 0 Å². The predicted octanol–water partition coefficient (Wildman–Crippen LogP) is 2.91. The van der Waals surface area contributed by atoms with Crippen molar-refractivity contribution in [1.29, 1.82) is 0 Å². The highest BCUT2D eigenvalue weighted by molar-refractivity contribution is 5.95. The molecule has 0 aliphatic carbocycles. The van der Waals surface area contributed by atoms with Crippen LogP contribution in [0.5, 0.6) is 0 Å². The standard InChI is InChI=1S/C21H21F3N6O2/c22-21(23,24)13-25-19(31)18-12-17(27-28-18)14-5-9-29(10-6-14)20(32)15-3-1-4-16(11-15)30-8-2-7-26-30/h1-4,7-8,11-12,14H,5-6,9-10,13H2,(H,25,31)(H,27,28). The summed E-state index contributed by atoms with van der Waals surface area (Å²) in [6, 6.07) is 10.5. The van der Waals surface area contributed by atoms with E-state index >= 15 is 0 Å². The summed E-state index contributed by atoms with van der Waals surface area (Å²) in [7, 11) is 0. The molecule has 32 heavy (non-hydrogen) atoms. The highest BCUT2D eigenvalue weighted by Gasteiger charge is 2.29. The van der Waals surface area contributed by atoms with E-state index in [1.165, 1.54) is 6.07 Å². The molecule has 0 spiro atoms. The number of amides is 2. The Bertz CT molecular complexity index is 1090. The quantitative estimate of drug-likeness (QED) is 0.630. The molecule has 168 valence electrons. The first-order chi connectivity index (χ1) is 15.3. The molecule has 11 heteroatoms. The summed E-state index contributed by atoms with van der Waals surface area (Å²) in [5.74, 6) is -0.921. The molecule has 2 aromatic heterocycles. The van der Waals surface area contributed by atoms with Gasteiger partial charge in [-0.25, -0.2) is 4.68 Å². The highest BCUT2D eigenvalue weighted by atomic mass is 19.4. The van der Waals surface area contributed by atoms with Crippen LogP contribution < -0.4 is 5.32 Å². The van der Waals surface area contributed by atoms with Crippen molar-refractivity contribution in [3.63, 3.8) is 0 Å². The topological polar surface area (TPSA) is 95.9 Å². The van der Waals surface area contributed by atoms with E-state index < -0.39 is 18.6 Å². The van der Waals surface area contributed by atoms with Gasteiger partial charge in [0.15, 0.2) is 0 Å². The van der Waals surface area contributed by atoms with Crippen molar-refractivity contribution in [3.8, 4) is 5.69 Å². The third-order valence-corrected chi connectivity index (χ3v) is 5.36. The Morgan fingerprint density at radius 1 is 1.16 bits per heavy atom. The Kier molecular flexibility index (Phi) is 5.97. The van der Waals surface area contributed by atoms with Crippen LogP contribution in [0.1, 0.15) is 45.3 Å². The second-order valence-corrected chi connectivity index (χ2v) is 7.57. The van der Waals surface area contributed by atoms with Gasteiger partial charge in [0, 0.05) is 42.7 Å². The molecule has 0 bridgehead atoms. The SMILES string of the molecule is O=C(NCC(F)(F)F)c1cc(C2CCN(C(=O)c3cccc(-n4cccn4)c3)CC2)[nH]n1. The number of benzene rings is 1. The Morgan fingerprint density at radius 2 is 1.94 bits per heavy atom. The van der Waals surface area contributed by atoms with E-state index in [-0.39, 0.29) is 17.5 Å². The number of nitrogens with zero attached hydrogens (tertiary/aromatic N) is 4. The van der Waals surface area contributed by atoms with E-state index in [2.05, 4.69) is 15.3 Å². The molecule has 1 fully saturated rings. The van der Waals surface area contributed by atoms with E-state index in [0.29, 0.717) is 37.2 Å². The Balaban J connectivity index is 1.35. The molecule has 0 radical (unpaired) electrons. The normalized spacial score (nSPS) is 15.0. The smallest absolute Gasteiger partial charge is 0.342 e. The van der Waals surface area contributed by atoms with E-state index in [0.717, 1.165) is 5.69 Å². The number of carbonyl (C=O) groups is 2. The Morgan fingerprint density at radius 3 is 2.62 bits per heavy atom. The number of hydrogen-bond donors (Lipinski definition) is 2. The summed E-state index contributed by atoms with van der Waals surface area (Å²) in [4.78, 5) is 26.6. The highest BCUT2D eigenvalue weighted by Crippen LogP contribution is 2.28. The molecule has 0 saturated carbocycles. The monoisotopic (exact) mass is 446 g/mol. The molecule has 2 N–H and O–H groups in total. The minimum atomic E-state index is -4.48. The lowest BCUT2D eigenvalue weighted by Gasteiger charge is -2.31. The van der Waals surface area contributed by atoms with Crippen LogP contribution in [0.25, 0.3) is 5.69 Å². The molecular formula is C21H21F3N6O2. The summed E-state index contributed by atoms with van der Waals surface area (Å²) in [5, 5.41) is 12.6. The van der Waals surface area contributed by atoms with Gasteiger partial charge in [-0.15, -0.1) is 0 Å². The van der Waals surface area contributed by atoms with Gasteiger partial charge >= 0.3 is 6.18 Å². The number of halogens is 3. The van der Waals surface area contributed by atoms with Gasteiger partial charge in [0.1, 0.15) is 12.2 Å². The number of piperidine rings is 1. The van der Waals surface area contributed by atoms with Gasteiger partial charge in [-0.2, -0.15) is 23.4 Å². The molecule has 3 aromatic rings. The number of aromatic nitrogens is 4. The third-order valence-electron chi connectivity index (χ3n) is 5.36. The average Bonchev–Trinajstić information content (AvgIpc) is 3.49. The first-order valence-corrected chi connectivity index (χ1v) is 10.1. The number of nitrogens with one attached hydrogen (secondary N) is 2. The third kappa shape index (κ3) is 4.98. The molecule has 3 heterocycles.